The van der Waals surface area contributed by atoms with Crippen LogP contribution in [-0.4, -0.2) is 5.16 Å². The molecule has 0 saturated carbocycles. The molecular weight excluding hydrogens is 144 g/mol. The first kappa shape index (κ1) is 7.61. The first-order valence-corrected chi connectivity index (χ1v) is 3.29. The van der Waals surface area contributed by atoms with E-state index in [1.54, 1.807) is 0 Å². The molecule has 0 radical (unpaired) electrons. The summed E-state index contributed by atoms with van der Waals surface area (Å²) in [4.78, 5) is 10.8. The standard InChI is InChI=1S/C7H8N2O2/c1-5(2-3-8)6-4-9-11-7(6)10/h4-5,9H,2H2,1H3. The summed E-state index contributed by atoms with van der Waals surface area (Å²) in [5, 5.41) is 10.7. The van der Waals surface area contributed by atoms with Gasteiger partial charge in [-0.1, -0.05) is 6.92 Å². The zero-order valence-electron chi connectivity index (χ0n) is 6.13. The fourth-order valence-corrected chi connectivity index (χ4v) is 0.855. The molecule has 1 heterocycles. The van der Waals surface area contributed by atoms with Crippen molar-refractivity contribution in [2.75, 3.05) is 0 Å². The summed E-state index contributed by atoms with van der Waals surface area (Å²) in [5.41, 5.74) is 0.152. The van der Waals surface area contributed by atoms with Crippen LogP contribution in [0.2, 0.25) is 0 Å². The van der Waals surface area contributed by atoms with E-state index in [0.29, 0.717) is 12.0 Å². The average molecular weight is 152 g/mol. The van der Waals surface area contributed by atoms with Gasteiger partial charge in [-0.3, -0.25) is 0 Å². The number of hydrogen-bond acceptors (Lipinski definition) is 3. The van der Waals surface area contributed by atoms with Gasteiger partial charge in [0.1, 0.15) is 0 Å². The highest BCUT2D eigenvalue weighted by Crippen LogP contribution is 2.12. The zero-order chi connectivity index (χ0) is 8.27. The van der Waals surface area contributed by atoms with Gasteiger partial charge in [0.2, 0.25) is 0 Å². The second-order valence-electron chi connectivity index (χ2n) is 2.37. The van der Waals surface area contributed by atoms with Crippen molar-refractivity contribution in [1.82, 2.24) is 5.16 Å². The molecule has 0 bridgehead atoms. The molecule has 0 fully saturated rings. The molecule has 1 rings (SSSR count). The summed E-state index contributed by atoms with van der Waals surface area (Å²) in [6.07, 6.45) is 1.83. The summed E-state index contributed by atoms with van der Waals surface area (Å²) in [7, 11) is 0. The molecule has 0 saturated heterocycles. The smallest absolute Gasteiger partial charge is 0.339 e. The molecule has 0 amide bonds. The summed E-state index contributed by atoms with van der Waals surface area (Å²) < 4.78 is 4.44. The monoisotopic (exact) mass is 152 g/mol. The fourth-order valence-electron chi connectivity index (χ4n) is 0.855. The number of hydrogen-bond donors (Lipinski definition) is 1. The summed E-state index contributed by atoms with van der Waals surface area (Å²) in [5.74, 6) is -0.0532. The van der Waals surface area contributed by atoms with Crippen LogP contribution in [0.3, 0.4) is 0 Å². The van der Waals surface area contributed by atoms with E-state index in [0.717, 1.165) is 0 Å². The molecule has 0 aliphatic carbocycles. The van der Waals surface area contributed by atoms with Gasteiger partial charge >= 0.3 is 5.63 Å². The van der Waals surface area contributed by atoms with Gasteiger partial charge < -0.3 is 4.52 Å². The third-order valence-corrected chi connectivity index (χ3v) is 1.53. The van der Waals surface area contributed by atoms with E-state index in [9.17, 15) is 4.79 Å². The molecule has 1 unspecified atom stereocenters. The highest BCUT2D eigenvalue weighted by molar-refractivity contribution is 5.09. The van der Waals surface area contributed by atoms with Crippen LogP contribution in [0.25, 0.3) is 0 Å². The summed E-state index contributed by atoms with van der Waals surface area (Å²) >= 11 is 0. The van der Waals surface area contributed by atoms with Crippen molar-refractivity contribution >= 4 is 0 Å². The van der Waals surface area contributed by atoms with E-state index < -0.39 is 0 Å². The molecule has 1 N–H and O–H groups in total. The number of rotatable bonds is 2. The molecule has 1 aromatic rings. The van der Waals surface area contributed by atoms with Gasteiger partial charge in [-0.05, 0) is 0 Å². The lowest BCUT2D eigenvalue weighted by molar-refractivity contribution is 0.389. The van der Waals surface area contributed by atoms with Crippen molar-refractivity contribution in [3.8, 4) is 6.07 Å². The highest BCUT2D eigenvalue weighted by Gasteiger charge is 2.10. The summed E-state index contributed by atoms with van der Waals surface area (Å²) in [6, 6.07) is 1.99. The Balaban J connectivity index is 2.86. The number of nitrogens with one attached hydrogen (secondary N) is 1. The van der Waals surface area contributed by atoms with E-state index in [4.69, 9.17) is 5.26 Å². The lowest BCUT2D eigenvalue weighted by atomic mass is 10.0. The quantitative estimate of drug-likeness (QED) is 0.686. The van der Waals surface area contributed by atoms with Gasteiger partial charge in [0.25, 0.3) is 0 Å². The third-order valence-electron chi connectivity index (χ3n) is 1.53. The molecule has 0 aromatic carbocycles. The van der Waals surface area contributed by atoms with Crippen LogP contribution < -0.4 is 5.63 Å². The van der Waals surface area contributed by atoms with E-state index in [-0.39, 0.29) is 11.5 Å². The van der Waals surface area contributed by atoms with Crippen LogP contribution in [0, 0.1) is 11.3 Å². The molecular formula is C7H8N2O2. The Morgan fingerprint density at radius 1 is 1.91 bits per heavy atom. The lowest BCUT2D eigenvalue weighted by Gasteiger charge is -1.97. The maximum absolute atomic E-state index is 10.8. The Morgan fingerprint density at radius 2 is 2.64 bits per heavy atom. The normalized spacial score (nSPS) is 12.4. The number of aromatic amines is 1. The van der Waals surface area contributed by atoms with E-state index >= 15 is 0 Å². The number of aromatic nitrogens is 1. The predicted molar refractivity (Wildman–Crippen MR) is 38.0 cm³/mol. The first-order chi connectivity index (χ1) is 5.25. The Bertz CT molecular complexity index is 318. The minimum Gasteiger partial charge on any atom is -0.339 e. The van der Waals surface area contributed by atoms with Gasteiger partial charge in [-0.25, -0.2) is 9.95 Å². The van der Waals surface area contributed by atoms with Crippen molar-refractivity contribution in [2.45, 2.75) is 19.3 Å². The van der Waals surface area contributed by atoms with Crippen LogP contribution in [0.1, 0.15) is 24.8 Å². The minimum absolute atomic E-state index is 0.0532. The maximum atomic E-state index is 10.8. The van der Waals surface area contributed by atoms with Crippen LogP contribution in [0.5, 0.6) is 0 Å². The average Bonchev–Trinajstić information content (AvgIpc) is 2.36. The summed E-state index contributed by atoms with van der Waals surface area (Å²) in [6.45, 7) is 1.81. The topological polar surface area (TPSA) is 69.8 Å². The molecule has 0 spiro atoms. The number of nitriles is 1. The van der Waals surface area contributed by atoms with Gasteiger partial charge in [0.15, 0.2) is 0 Å². The molecule has 11 heavy (non-hydrogen) atoms. The Hall–Kier alpha value is -1.50. The molecule has 0 aliphatic rings. The van der Waals surface area contributed by atoms with Crippen molar-refractivity contribution in [3.63, 3.8) is 0 Å². The largest absolute Gasteiger partial charge is 0.360 e. The first-order valence-electron chi connectivity index (χ1n) is 3.29. The van der Waals surface area contributed by atoms with Gasteiger partial charge in [-0.15, -0.1) is 0 Å². The second kappa shape index (κ2) is 3.06. The van der Waals surface area contributed by atoms with Gasteiger partial charge in [0, 0.05) is 18.5 Å². The highest BCUT2D eigenvalue weighted by atomic mass is 16.5. The van der Waals surface area contributed by atoms with Crippen LogP contribution >= 0.6 is 0 Å². The van der Waals surface area contributed by atoms with Crippen molar-refractivity contribution in [3.05, 3.63) is 22.2 Å². The third kappa shape index (κ3) is 1.49. The van der Waals surface area contributed by atoms with Crippen LogP contribution in [0.15, 0.2) is 15.5 Å². The molecule has 4 nitrogen and oxygen atoms in total. The molecule has 1 atom stereocenters. The minimum atomic E-state index is -0.382. The lowest BCUT2D eigenvalue weighted by Crippen LogP contribution is -2.04. The van der Waals surface area contributed by atoms with E-state index in [1.165, 1.54) is 6.20 Å². The Kier molecular flexibility index (Phi) is 2.12. The van der Waals surface area contributed by atoms with Crippen LogP contribution in [-0.2, 0) is 0 Å². The molecule has 58 valence electrons. The SMILES string of the molecule is CC(CC#N)c1c[nH]oc1=O. The zero-order valence-corrected chi connectivity index (χ0v) is 6.13. The van der Waals surface area contributed by atoms with Crippen molar-refractivity contribution in [1.29, 1.82) is 5.26 Å². The maximum Gasteiger partial charge on any atom is 0.360 e. The van der Waals surface area contributed by atoms with Crippen molar-refractivity contribution in [2.24, 2.45) is 0 Å². The fraction of sp³-hybridized carbons (Fsp3) is 0.429. The molecule has 0 aliphatic heterocycles. The van der Waals surface area contributed by atoms with Gasteiger partial charge in [0.05, 0.1) is 11.6 Å². The Morgan fingerprint density at radius 3 is 3.09 bits per heavy atom. The van der Waals surface area contributed by atoms with Crippen LogP contribution in [0.4, 0.5) is 0 Å². The Labute approximate surface area is 63.4 Å². The van der Waals surface area contributed by atoms with E-state index in [2.05, 4.69) is 9.68 Å². The number of nitrogens with zero attached hydrogens (tertiary/aromatic N) is 1. The van der Waals surface area contributed by atoms with Crippen molar-refractivity contribution < 1.29 is 4.52 Å². The number of H-pyrrole nitrogens is 1. The van der Waals surface area contributed by atoms with E-state index in [1.807, 2.05) is 13.0 Å². The van der Waals surface area contributed by atoms with Gasteiger partial charge in [-0.2, -0.15) is 5.26 Å². The molecule has 4 heteroatoms. The molecule has 1 aromatic heterocycles. The predicted octanol–water partition coefficient (Wildman–Crippen LogP) is 0.985. The second-order valence-corrected chi connectivity index (χ2v) is 2.37.